The fourth-order valence-electron chi connectivity index (χ4n) is 3.22. The first-order valence-electron chi connectivity index (χ1n) is 10.5. The van der Waals surface area contributed by atoms with Gasteiger partial charge in [-0.05, 0) is 56.3 Å². The first-order valence-corrected chi connectivity index (χ1v) is 11.9. The molecule has 1 atom stereocenters. The Morgan fingerprint density at radius 3 is 2.36 bits per heavy atom. The van der Waals surface area contributed by atoms with Crippen molar-refractivity contribution < 1.29 is 45.0 Å². The monoisotopic (exact) mass is 533 g/mol. The quantitative estimate of drug-likeness (QED) is 0.546. The number of carbonyl (C=O) groups is 2. The minimum Gasteiger partial charge on any atom is -0.489 e. The Kier molecular flexibility index (Phi) is 7.39. The van der Waals surface area contributed by atoms with Gasteiger partial charge in [-0.3, -0.25) is 14.4 Å². The van der Waals surface area contributed by atoms with Gasteiger partial charge in [0.2, 0.25) is 11.5 Å². The second-order valence-corrected chi connectivity index (χ2v) is 10.2. The Morgan fingerprint density at radius 2 is 1.78 bits per heavy atom. The molecule has 3 rings (SSSR count). The van der Waals surface area contributed by atoms with Crippen LogP contribution in [0.15, 0.2) is 47.4 Å². The number of anilines is 2. The SMILES string of the molecule is CC(=O)NC[C@H]1COc2ccc(NC(=O)OC(C)(C)C(F)(F)F)cc2N1S(=O)(=O)c1ccc(F)cc1. The zero-order valence-corrected chi connectivity index (χ0v) is 20.2. The predicted octanol–water partition coefficient (Wildman–Crippen LogP) is 3.81. The van der Waals surface area contributed by atoms with Crippen LogP contribution in [-0.2, 0) is 19.6 Å². The molecule has 0 saturated carbocycles. The van der Waals surface area contributed by atoms with E-state index in [0.29, 0.717) is 13.8 Å². The standard InChI is InChI=1S/C22H23F4N3O6S/c1-13(30)27-11-16-12-34-19-9-6-15(28-20(31)35-21(2,3)22(24,25)26)10-18(19)29(16)36(32,33)17-7-4-14(23)5-8-17/h4-10,16H,11-12H2,1-3H3,(H,27,30)(H,28,31)/t16-/m0/s1. The van der Waals surface area contributed by atoms with Gasteiger partial charge in [-0.2, -0.15) is 13.2 Å². The lowest BCUT2D eigenvalue weighted by atomic mass is 10.1. The van der Waals surface area contributed by atoms with E-state index in [1.165, 1.54) is 25.1 Å². The number of amides is 2. The Hall–Kier alpha value is -3.55. The van der Waals surface area contributed by atoms with Gasteiger partial charge in [-0.25, -0.2) is 17.6 Å². The highest BCUT2D eigenvalue weighted by Gasteiger charge is 2.51. The average Bonchev–Trinajstić information content (AvgIpc) is 2.76. The van der Waals surface area contributed by atoms with Crippen molar-refractivity contribution in [1.82, 2.24) is 5.32 Å². The van der Waals surface area contributed by atoms with E-state index in [9.17, 15) is 35.6 Å². The lowest BCUT2D eigenvalue weighted by molar-refractivity contribution is -0.242. The molecule has 2 amide bonds. The number of hydrogen-bond acceptors (Lipinski definition) is 6. The summed E-state index contributed by atoms with van der Waals surface area (Å²) in [7, 11) is -4.34. The molecule has 0 fully saturated rings. The van der Waals surface area contributed by atoms with Crippen molar-refractivity contribution in [3.05, 3.63) is 48.3 Å². The molecule has 0 bridgehead atoms. The number of ether oxygens (including phenoxy) is 2. The van der Waals surface area contributed by atoms with Crippen LogP contribution in [0.1, 0.15) is 20.8 Å². The van der Waals surface area contributed by atoms with E-state index in [-0.39, 0.29) is 35.2 Å². The van der Waals surface area contributed by atoms with E-state index in [1.54, 1.807) is 0 Å². The van der Waals surface area contributed by atoms with E-state index in [1.807, 2.05) is 0 Å². The lowest BCUT2D eigenvalue weighted by Gasteiger charge is -2.37. The van der Waals surface area contributed by atoms with E-state index in [2.05, 4.69) is 15.4 Å². The third kappa shape index (κ3) is 5.80. The van der Waals surface area contributed by atoms with Crippen molar-refractivity contribution in [3.63, 3.8) is 0 Å². The highest BCUT2D eigenvalue weighted by Crippen LogP contribution is 2.40. The molecule has 1 heterocycles. The van der Waals surface area contributed by atoms with Crippen LogP contribution in [0, 0.1) is 5.82 Å². The van der Waals surface area contributed by atoms with Crippen LogP contribution >= 0.6 is 0 Å². The zero-order chi connectivity index (χ0) is 26.9. The third-order valence-corrected chi connectivity index (χ3v) is 7.07. The third-order valence-electron chi connectivity index (χ3n) is 5.19. The number of nitrogens with one attached hydrogen (secondary N) is 2. The highest BCUT2D eigenvalue weighted by atomic mass is 32.2. The first-order chi connectivity index (χ1) is 16.6. The highest BCUT2D eigenvalue weighted by molar-refractivity contribution is 7.92. The van der Waals surface area contributed by atoms with Crippen molar-refractivity contribution in [2.45, 2.75) is 43.5 Å². The largest absolute Gasteiger partial charge is 0.489 e. The smallest absolute Gasteiger partial charge is 0.427 e. The summed E-state index contributed by atoms with van der Waals surface area (Å²) in [5, 5.41) is 4.66. The number of fused-ring (bicyclic) bond motifs is 1. The molecule has 0 radical (unpaired) electrons. The minimum atomic E-state index is -4.83. The molecule has 2 N–H and O–H groups in total. The second-order valence-electron chi connectivity index (χ2n) is 8.36. The Morgan fingerprint density at radius 1 is 1.14 bits per heavy atom. The van der Waals surface area contributed by atoms with Gasteiger partial charge in [0.1, 0.15) is 18.2 Å². The Bertz CT molecular complexity index is 1250. The first kappa shape index (κ1) is 27.0. The van der Waals surface area contributed by atoms with Crippen molar-refractivity contribution in [2.24, 2.45) is 0 Å². The predicted molar refractivity (Wildman–Crippen MR) is 121 cm³/mol. The lowest BCUT2D eigenvalue weighted by Crippen LogP contribution is -2.52. The summed E-state index contributed by atoms with van der Waals surface area (Å²) in [6.07, 6.45) is -6.25. The summed E-state index contributed by atoms with van der Waals surface area (Å²) in [4.78, 5) is 23.3. The molecule has 2 aromatic carbocycles. The zero-order valence-electron chi connectivity index (χ0n) is 19.3. The van der Waals surface area contributed by atoms with Crippen LogP contribution in [0.5, 0.6) is 5.75 Å². The molecule has 9 nitrogen and oxygen atoms in total. The van der Waals surface area contributed by atoms with Gasteiger partial charge in [0.25, 0.3) is 10.0 Å². The summed E-state index contributed by atoms with van der Waals surface area (Å²) in [6.45, 7) is 2.30. The van der Waals surface area contributed by atoms with E-state index < -0.39 is 45.7 Å². The van der Waals surface area contributed by atoms with Gasteiger partial charge in [-0.1, -0.05) is 0 Å². The molecule has 0 unspecified atom stereocenters. The fraction of sp³-hybridized carbons (Fsp3) is 0.364. The number of rotatable bonds is 6. The summed E-state index contributed by atoms with van der Waals surface area (Å²) in [5.41, 5.74) is -2.93. The molecule has 0 spiro atoms. The molecule has 36 heavy (non-hydrogen) atoms. The number of alkyl halides is 3. The number of carbonyl (C=O) groups excluding carboxylic acids is 2. The van der Waals surface area contributed by atoms with E-state index in [4.69, 9.17) is 4.74 Å². The van der Waals surface area contributed by atoms with Gasteiger partial charge in [0, 0.05) is 19.2 Å². The van der Waals surface area contributed by atoms with E-state index >= 15 is 0 Å². The van der Waals surface area contributed by atoms with Crippen LogP contribution in [0.4, 0.5) is 33.7 Å². The maximum atomic E-state index is 13.5. The molecule has 2 aromatic rings. The van der Waals surface area contributed by atoms with E-state index in [0.717, 1.165) is 28.6 Å². The maximum Gasteiger partial charge on any atom is 0.427 e. The number of benzene rings is 2. The minimum absolute atomic E-state index is 0.0613. The van der Waals surface area contributed by atoms with Gasteiger partial charge in [-0.15, -0.1) is 0 Å². The van der Waals surface area contributed by atoms with Gasteiger partial charge < -0.3 is 14.8 Å². The number of halogens is 4. The van der Waals surface area contributed by atoms with Gasteiger partial charge >= 0.3 is 12.3 Å². The summed E-state index contributed by atoms with van der Waals surface area (Å²) in [6, 6.07) is 6.91. The molecule has 1 aliphatic rings. The number of hydrogen-bond donors (Lipinski definition) is 2. The molecular weight excluding hydrogens is 510 g/mol. The summed E-state index contributed by atoms with van der Waals surface area (Å²) < 4.78 is 90.7. The number of sulfonamides is 1. The van der Waals surface area contributed by atoms with Crippen LogP contribution < -0.4 is 19.7 Å². The molecule has 0 aromatic heterocycles. The fourth-order valence-corrected chi connectivity index (χ4v) is 4.86. The molecule has 1 aliphatic heterocycles. The molecule has 0 aliphatic carbocycles. The van der Waals surface area contributed by atoms with Crippen LogP contribution in [0.3, 0.4) is 0 Å². The van der Waals surface area contributed by atoms with Crippen molar-refractivity contribution >= 4 is 33.4 Å². The molecule has 14 heteroatoms. The van der Waals surface area contributed by atoms with Crippen molar-refractivity contribution in [2.75, 3.05) is 22.8 Å². The Labute approximate surface area is 204 Å². The molecular formula is C22H23F4N3O6S. The van der Waals surface area contributed by atoms with Crippen molar-refractivity contribution in [1.29, 1.82) is 0 Å². The number of nitrogens with zero attached hydrogens (tertiary/aromatic N) is 1. The van der Waals surface area contributed by atoms with Gasteiger partial charge in [0.05, 0.1) is 16.6 Å². The van der Waals surface area contributed by atoms with Crippen LogP contribution in [-0.4, -0.2) is 51.4 Å². The molecule has 196 valence electrons. The second kappa shape index (κ2) is 9.84. The summed E-state index contributed by atoms with van der Waals surface area (Å²) >= 11 is 0. The van der Waals surface area contributed by atoms with Crippen LogP contribution in [0.25, 0.3) is 0 Å². The Balaban J connectivity index is 1.99. The molecule has 0 saturated heterocycles. The average molecular weight is 534 g/mol. The van der Waals surface area contributed by atoms with Gasteiger partial charge in [0.15, 0.2) is 0 Å². The van der Waals surface area contributed by atoms with Crippen molar-refractivity contribution in [3.8, 4) is 5.75 Å². The maximum absolute atomic E-state index is 13.5. The summed E-state index contributed by atoms with van der Waals surface area (Å²) in [5.74, 6) is -0.988. The normalized spacial score (nSPS) is 16.0. The van der Waals surface area contributed by atoms with Crippen LogP contribution in [0.2, 0.25) is 0 Å². The topological polar surface area (TPSA) is 114 Å².